The van der Waals surface area contributed by atoms with Crippen LogP contribution in [0.4, 0.5) is 4.39 Å². The van der Waals surface area contributed by atoms with Crippen molar-refractivity contribution >= 4 is 5.78 Å². The molecule has 3 nitrogen and oxygen atoms in total. The monoisotopic (exact) mass is 210 g/mol. The number of Topliss-reactive ketones (excluding diaryl/α,β-unsaturated/α-hetero) is 1. The Labute approximate surface area is 86.5 Å². The van der Waals surface area contributed by atoms with Gasteiger partial charge in [-0.25, -0.2) is 4.39 Å². The first kappa shape index (κ1) is 10.1. The SMILES string of the molecule is O=C(CO)[C@H]1CCc2cc(F)ccc2O1. The van der Waals surface area contributed by atoms with Gasteiger partial charge in [-0.1, -0.05) is 0 Å². The van der Waals surface area contributed by atoms with Gasteiger partial charge in [0.05, 0.1) is 0 Å². The molecule has 1 N–H and O–H groups in total. The molecule has 4 heteroatoms. The van der Waals surface area contributed by atoms with Crippen LogP contribution in [0.25, 0.3) is 0 Å². The van der Waals surface area contributed by atoms with E-state index >= 15 is 0 Å². The molecule has 2 rings (SSSR count). The summed E-state index contributed by atoms with van der Waals surface area (Å²) in [6.45, 7) is -0.513. The molecule has 1 heterocycles. The van der Waals surface area contributed by atoms with Crippen LogP contribution in [0.15, 0.2) is 18.2 Å². The molecule has 0 bridgehead atoms. The van der Waals surface area contributed by atoms with Crippen molar-refractivity contribution in [3.8, 4) is 5.75 Å². The lowest BCUT2D eigenvalue weighted by molar-refractivity contribution is -0.129. The summed E-state index contributed by atoms with van der Waals surface area (Å²) in [7, 11) is 0. The van der Waals surface area contributed by atoms with Crippen LogP contribution in [0.5, 0.6) is 5.75 Å². The minimum Gasteiger partial charge on any atom is -0.482 e. The Hall–Kier alpha value is -1.42. The minimum atomic E-state index is -0.590. The maximum absolute atomic E-state index is 12.9. The third kappa shape index (κ3) is 1.99. The van der Waals surface area contributed by atoms with Crippen molar-refractivity contribution in [1.29, 1.82) is 0 Å². The predicted octanol–water partition coefficient (Wildman–Crippen LogP) is 1.08. The molecule has 80 valence electrons. The third-order valence-corrected chi connectivity index (χ3v) is 2.48. The second-order valence-corrected chi connectivity index (χ2v) is 3.52. The van der Waals surface area contributed by atoms with E-state index in [1.165, 1.54) is 18.2 Å². The molecule has 1 aromatic carbocycles. The van der Waals surface area contributed by atoms with Crippen LogP contribution in [0.2, 0.25) is 0 Å². The standard InChI is InChI=1S/C11H11FO3/c12-8-2-4-10-7(5-8)1-3-11(15-10)9(14)6-13/h2,4-5,11,13H,1,3,6H2/t11-/m1/s1. The summed E-state index contributed by atoms with van der Waals surface area (Å²) < 4.78 is 18.2. The largest absolute Gasteiger partial charge is 0.482 e. The fourth-order valence-corrected chi connectivity index (χ4v) is 1.69. The summed E-state index contributed by atoms with van der Waals surface area (Å²) in [6, 6.07) is 4.22. The number of halogens is 1. The molecule has 0 fully saturated rings. The summed E-state index contributed by atoms with van der Waals surface area (Å²) in [5.41, 5.74) is 0.775. The van der Waals surface area contributed by atoms with E-state index in [1.807, 2.05) is 0 Å². The highest BCUT2D eigenvalue weighted by molar-refractivity contribution is 5.84. The minimum absolute atomic E-state index is 0.302. The summed E-state index contributed by atoms with van der Waals surface area (Å²) in [6.07, 6.45) is 0.507. The Morgan fingerprint density at radius 2 is 2.40 bits per heavy atom. The summed E-state index contributed by atoms with van der Waals surface area (Å²) in [5.74, 6) is -0.0938. The van der Waals surface area contributed by atoms with Gasteiger partial charge in [-0.15, -0.1) is 0 Å². The van der Waals surface area contributed by atoms with Crippen molar-refractivity contribution in [1.82, 2.24) is 0 Å². The normalized spacial score (nSPS) is 19.2. The Balaban J connectivity index is 2.20. The molecular formula is C11H11FO3. The fourth-order valence-electron chi connectivity index (χ4n) is 1.69. The zero-order valence-corrected chi connectivity index (χ0v) is 8.07. The number of aliphatic hydroxyl groups is 1. The second-order valence-electron chi connectivity index (χ2n) is 3.52. The molecule has 0 spiro atoms. The van der Waals surface area contributed by atoms with Crippen molar-refractivity contribution < 1.29 is 19.0 Å². The summed E-state index contributed by atoms with van der Waals surface area (Å²) >= 11 is 0. The van der Waals surface area contributed by atoms with Crippen LogP contribution >= 0.6 is 0 Å². The molecule has 1 atom stereocenters. The van der Waals surface area contributed by atoms with Gasteiger partial charge in [0.25, 0.3) is 0 Å². The number of carbonyl (C=O) groups excluding carboxylic acids is 1. The van der Waals surface area contributed by atoms with E-state index < -0.39 is 12.7 Å². The molecule has 0 unspecified atom stereocenters. The smallest absolute Gasteiger partial charge is 0.198 e. The van der Waals surface area contributed by atoms with Crippen LogP contribution in [0.1, 0.15) is 12.0 Å². The highest BCUT2D eigenvalue weighted by Crippen LogP contribution is 2.28. The zero-order valence-electron chi connectivity index (χ0n) is 8.07. The molecule has 0 amide bonds. The number of hydrogen-bond acceptors (Lipinski definition) is 3. The first-order valence-electron chi connectivity index (χ1n) is 4.79. The second kappa shape index (κ2) is 3.98. The van der Waals surface area contributed by atoms with Crippen molar-refractivity contribution in [2.75, 3.05) is 6.61 Å². The first-order chi connectivity index (χ1) is 7.20. The number of aliphatic hydroxyl groups excluding tert-OH is 1. The number of carbonyl (C=O) groups is 1. The molecular weight excluding hydrogens is 199 g/mol. The van der Waals surface area contributed by atoms with Crippen molar-refractivity contribution in [3.63, 3.8) is 0 Å². The van der Waals surface area contributed by atoms with E-state index in [4.69, 9.17) is 9.84 Å². The van der Waals surface area contributed by atoms with Crippen LogP contribution in [0, 0.1) is 5.82 Å². The molecule has 0 radical (unpaired) electrons. The van der Waals surface area contributed by atoms with Gasteiger partial charge in [0, 0.05) is 0 Å². The molecule has 15 heavy (non-hydrogen) atoms. The number of ketones is 1. The lowest BCUT2D eigenvalue weighted by Crippen LogP contribution is -2.33. The van der Waals surface area contributed by atoms with Crippen molar-refractivity contribution in [2.24, 2.45) is 0 Å². The zero-order chi connectivity index (χ0) is 10.8. The number of hydrogen-bond donors (Lipinski definition) is 1. The van der Waals surface area contributed by atoms with Gasteiger partial charge in [0.15, 0.2) is 11.9 Å². The highest BCUT2D eigenvalue weighted by Gasteiger charge is 2.25. The molecule has 0 aliphatic carbocycles. The maximum Gasteiger partial charge on any atom is 0.198 e. The van der Waals surface area contributed by atoms with E-state index in [2.05, 4.69) is 0 Å². The lowest BCUT2D eigenvalue weighted by Gasteiger charge is -2.24. The van der Waals surface area contributed by atoms with Crippen molar-refractivity contribution in [3.05, 3.63) is 29.6 Å². The summed E-state index contributed by atoms with van der Waals surface area (Å²) in [4.78, 5) is 11.2. The molecule has 0 aromatic heterocycles. The summed E-state index contributed by atoms with van der Waals surface area (Å²) in [5, 5.41) is 8.69. The first-order valence-corrected chi connectivity index (χ1v) is 4.79. The van der Waals surface area contributed by atoms with E-state index in [-0.39, 0.29) is 11.6 Å². The van der Waals surface area contributed by atoms with E-state index in [0.29, 0.717) is 18.6 Å². The number of aryl methyl sites for hydroxylation is 1. The van der Waals surface area contributed by atoms with Crippen LogP contribution in [0.3, 0.4) is 0 Å². The number of fused-ring (bicyclic) bond motifs is 1. The molecule has 1 aliphatic heterocycles. The van der Waals surface area contributed by atoms with Crippen molar-refractivity contribution in [2.45, 2.75) is 18.9 Å². The van der Waals surface area contributed by atoms with E-state index in [1.54, 1.807) is 0 Å². The molecule has 0 saturated carbocycles. The quantitative estimate of drug-likeness (QED) is 0.794. The topological polar surface area (TPSA) is 46.5 Å². The van der Waals surface area contributed by atoms with Gasteiger partial charge >= 0.3 is 0 Å². The highest BCUT2D eigenvalue weighted by atomic mass is 19.1. The number of ether oxygens (including phenoxy) is 1. The Morgan fingerprint density at radius 1 is 1.60 bits per heavy atom. The predicted molar refractivity (Wildman–Crippen MR) is 51.2 cm³/mol. The Kier molecular flexibility index (Phi) is 2.68. The van der Waals surface area contributed by atoms with Crippen LogP contribution < -0.4 is 4.74 Å². The Bertz CT molecular complexity index is 389. The maximum atomic E-state index is 12.9. The van der Waals surface area contributed by atoms with Gasteiger partial charge in [-0.2, -0.15) is 0 Å². The molecule has 0 saturated heterocycles. The Morgan fingerprint density at radius 3 is 3.13 bits per heavy atom. The molecule has 1 aliphatic rings. The lowest BCUT2D eigenvalue weighted by atomic mass is 10.00. The van der Waals surface area contributed by atoms with Gasteiger partial charge < -0.3 is 9.84 Å². The van der Waals surface area contributed by atoms with Crippen LogP contribution in [-0.2, 0) is 11.2 Å². The third-order valence-electron chi connectivity index (χ3n) is 2.48. The van der Waals surface area contributed by atoms with Gasteiger partial charge in [0.2, 0.25) is 0 Å². The number of benzene rings is 1. The van der Waals surface area contributed by atoms with E-state index in [0.717, 1.165) is 5.56 Å². The molecule has 1 aromatic rings. The van der Waals surface area contributed by atoms with Crippen LogP contribution in [-0.4, -0.2) is 23.6 Å². The fraction of sp³-hybridized carbons (Fsp3) is 0.364. The number of rotatable bonds is 2. The average molecular weight is 210 g/mol. The van der Waals surface area contributed by atoms with Gasteiger partial charge in [-0.05, 0) is 36.6 Å². The van der Waals surface area contributed by atoms with Gasteiger partial charge in [0.1, 0.15) is 18.2 Å². The average Bonchev–Trinajstić information content (AvgIpc) is 2.27. The van der Waals surface area contributed by atoms with Gasteiger partial charge in [-0.3, -0.25) is 4.79 Å². The van der Waals surface area contributed by atoms with E-state index in [9.17, 15) is 9.18 Å².